The van der Waals surface area contributed by atoms with Crippen LogP contribution in [0.3, 0.4) is 0 Å². The van der Waals surface area contributed by atoms with Crippen molar-refractivity contribution < 1.29 is 0 Å². The third-order valence-electron chi connectivity index (χ3n) is 4.48. The van der Waals surface area contributed by atoms with Gasteiger partial charge >= 0.3 is 0 Å². The first-order valence-electron chi connectivity index (χ1n) is 7.83. The fraction of sp³-hybridized carbons (Fsp3) is 0.211. The SMILES string of the molecule is Cc1ccc(-n2nc(-c3cccc(I)c3)c3c2NCC3)cc1C. The Bertz CT molecular complexity index is 896. The van der Waals surface area contributed by atoms with E-state index in [0.29, 0.717) is 0 Å². The lowest BCUT2D eigenvalue weighted by molar-refractivity contribution is 0.880. The van der Waals surface area contributed by atoms with Gasteiger partial charge in [-0.25, -0.2) is 4.68 Å². The summed E-state index contributed by atoms with van der Waals surface area (Å²) in [5, 5.41) is 8.44. The predicted octanol–water partition coefficient (Wildman–Crippen LogP) is 4.73. The molecule has 116 valence electrons. The van der Waals surface area contributed by atoms with Gasteiger partial charge in [0, 0.05) is 21.2 Å². The summed E-state index contributed by atoms with van der Waals surface area (Å²) in [5.41, 5.74) is 7.34. The number of hydrogen-bond acceptors (Lipinski definition) is 2. The molecule has 1 N–H and O–H groups in total. The van der Waals surface area contributed by atoms with Crippen molar-refractivity contribution in [2.75, 3.05) is 11.9 Å². The van der Waals surface area contributed by atoms with Gasteiger partial charge in [0.15, 0.2) is 0 Å². The van der Waals surface area contributed by atoms with Gasteiger partial charge in [0.2, 0.25) is 0 Å². The maximum absolute atomic E-state index is 4.94. The molecule has 0 amide bonds. The predicted molar refractivity (Wildman–Crippen MR) is 103 cm³/mol. The molecule has 0 saturated heterocycles. The molecule has 1 aromatic heterocycles. The van der Waals surface area contributed by atoms with E-state index in [2.05, 4.69) is 88.9 Å². The van der Waals surface area contributed by atoms with Crippen molar-refractivity contribution >= 4 is 28.4 Å². The normalized spacial score (nSPS) is 13.0. The highest BCUT2D eigenvalue weighted by Gasteiger charge is 2.24. The number of benzene rings is 2. The average molecular weight is 415 g/mol. The molecule has 2 heterocycles. The number of anilines is 1. The Balaban J connectivity index is 1.89. The molecule has 4 heteroatoms. The number of halogens is 1. The standard InChI is InChI=1S/C19H18IN3/c1-12-6-7-16(10-13(12)2)23-19-17(8-9-21-19)18(22-23)14-4-3-5-15(20)11-14/h3-7,10-11,21H,8-9H2,1-2H3. The largest absolute Gasteiger partial charge is 0.369 e. The van der Waals surface area contributed by atoms with Crippen LogP contribution in [-0.2, 0) is 6.42 Å². The van der Waals surface area contributed by atoms with Crippen molar-refractivity contribution in [3.63, 3.8) is 0 Å². The van der Waals surface area contributed by atoms with E-state index < -0.39 is 0 Å². The van der Waals surface area contributed by atoms with E-state index in [-0.39, 0.29) is 0 Å². The fourth-order valence-electron chi connectivity index (χ4n) is 3.09. The van der Waals surface area contributed by atoms with E-state index in [1.807, 2.05) is 0 Å². The minimum atomic E-state index is 0.981. The lowest BCUT2D eigenvalue weighted by Crippen LogP contribution is -2.04. The summed E-state index contributed by atoms with van der Waals surface area (Å²) in [6.07, 6.45) is 1.03. The molecule has 1 aliphatic heterocycles. The van der Waals surface area contributed by atoms with Crippen molar-refractivity contribution in [3.05, 3.63) is 62.7 Å². The van der Waals surface area contributed by atoms with Gasteiger partial charge in [-0.15, -0.1) is 0 Å². The molecular formula is C19H18IN3. The molecule has 4 rings (SSSR count). The molecule has 0 unspecified atom stereocenters. The number of fused-ring (bicyclic) bond motifs is 1. The van der Waals surface area contributed by atoms with Crippen molar-refractivity contribution in [2.24, 2.45) is 0 Å². The zero-order valence-electron chi connectivity index (χ0n) is 13.2. The molecule has 0 aliphatic carbocycles. The van der Waals surface area contributed by atoms with Gasteiger partial charge in [-0.3, -0.25) is 0 Å². The van der Waals surface area contributed by atoms with Crippen molar-refractivity contribution in [1.29, 1.82) is 0 Å². The second-order valence-electron chi connectivity index (χ2n) is 6.04. The Morgan fingerprint density at radius 2 is 1.96 bits per heavy atom. The number of nitrogens with zero attached hydrogens (tertiary/aromatic N) is 2. The van der Waals surface area contributed by atoms with Crippen molar-refractivity contribution in [3.8, 4) is 16.9 Å². The zero-order valence-corrected chi connectivity index (χ0v) is 15.4. The Morgan fingerprint density at radius 1 is 1.09 bits per heavy atom. The third kappa shape index (κ3) is 2.55. The molecule has 0 fully saturated rings. The first-order chi connectivity index (χ1) is 11.1. The summed E-state index contributed by atoms with van der Waals surface area (Å²) in [5.74, 6) is 1.14. The summed E-state index contributed by atoms with van der Waals surface area (Å²) >= 11 is 2.36. The van der Waals surface area contributed by atoms with Crippen LogP contribution in [0.4, 0.5) is 5.82 Å². The second-order valence-corrected chi connectivity index (χ2v) is 7.29. The van der Waals surface area contributed by atoms with Crippen LogP contribution in [-0.4, -0.2) is 16.3 Å². The van der Waals surface area contributed by atoms with Gasteiger partial charge in [-0.1, -0.05) is 18.2 Å². The third-order valence-corrected chi connectivity index (χ3v) is 5.16. The van der Waals surface area contributed by atoms with Gasteiger partial charge in [0.1, 0.15) is 5.82 Å². The molecule has 0 saturated carbocycles. The average Bonchev–Trinajstić information content (AvgIpc) is 3.12. The quantitative estimate of drug-likeness (QED) is 0.614. The van der Waals surface area contributed by atoms with E-state index in [9.17, 15) is 0 Å². The van der Waals surface area contributed by atoms with Crippen LogP contribution in [0, 0.1) is 17.4 Å². The first-order valence-corrected chi connectivity index (χ1v) is 8.91. The molecule has 0 radical (unpaired) electrons. The number of aryl methyl sites for hydroxylation is 2. The zero-order chi connectivity index (χ0) is 16.0. The summed E-state index contributed by atoms with van der Waals surface area (Å²) in [7, 11) is 0. The lowest BCUT2D eigenvalue weighted by atomic mass is 10.1. The molecule has 1 aliphatic rings. The van der Waals surface area contributed by atoms with Crippen LogP contribution in [0.2, 0.25) is 0 Å². The Labute approximate surface area is 149 Å². The number of rotatable bonds is 2. The van der Waals surface area contributed by atoms with Crippen molar-refractivity contribution in [1.82, 2.24) is 9.78 Å². The number of hydrogen-bond donors (Lipinski definition) is 1. The van der Waals surface area contributed by atoms with Crippen LogP contribution in [0.15, 0.2) is 42.5 Å². The van der Waals surface area contributed by atoms with Crippen LogP contribution in [0.1, 0.15) is 16.7 Å². The van der Waals surface area contributed by atoms with Crippen LogP contribution in [0.5, 0.6) is 0 Å². The van der Waals surface area contributed by atoms with E-state index >= 15 is 0 Å². The van der Waals surface area contributed by atoms with Gasteiger partial charge < -0.3 is 5.32 Å². The van der Waals surface area contributed by atoms with Gasteiger partial charge in [-0.05, 0) is 78.3 Å². The van der Waals surface area contributed by atoms with Crippen LogP contribution >= 0.6 is 22.6 Å². The van der Waals surface area contributed by atoms with Crippen molar-refractivity contribution in [2.45, 2.75) is 20.3 Å². The monoisotopic (exact) mass is 415 g/mol. The number of aromatic nitrogens is 2. The van der Waals surface area contributed by atoms with Gasteiger partial charge in [-0.2, -0.15) is 5.10 Å². The highest BCUT2D eigenvalue weighted by atomic mass is 127. The Hall–Kier alpha value is -1.82. The highest BCUT2D eigenvalue weighted by Crippen LogP contribution is 2.35. The van der Waals surface area contributed by atoms with E-state index in [1.54, 1.807) is 0 Å². The van der Waals surface area contributed by atoms with E-state index in [1.165, 1.54) is 25.8 Å². The minimum absolute atomic E-state index is 0.981. The molecule has 3 nitrogen and oxygen atoms in total. The fourth-order valence-corrected chi connectivity index (χ4v) is 3.63. The smallest absolute Gasteiger partial charge is 0.133 e. The second kappa shape index (κ2) is 5.67. The number of nitrogens with one attached hydrogen (secondary N) is 1. The molecule has 0 spiro atoms. The van der Waals surface area contributed by atoms with Crippen LogP contribution in [0.25, 0.3) is 16.9 Å². The highest BCUT2D eigenvalue weighted by molar-refractivity contribution is 14.1. The summed E-state index contributed by atoms with van der Waals surface area (Å²) in [4.78, 5) is 0. The minimum Gasteiger partial charge on any atom is -0.369 e. The topological polar surface area (TPSA) is 29.9 Å². The van der Waals surface area contributed by atoms with Gasteiger partial charge in [0.25, 0.3) is 0 Å². The van der Waals surface area contributed by atoms with E-state index in [0.717, 1.165) is 30.2 Å². The Kier molecular flexibility index (Phi) is 3.64. The summed E-state index contributed by atoms with van der Waals surface area (Å²) in [6, 6.07) is 15.1. The maximum atomic E-state index is 4.94. The summed E-state index contributed by atoms with van der Waals surface area (Å²) in [6.45, 7) is 5.27. The molecule has 0 bridgehead atoms. The first kappa shape index (κ1) is 14.8. The molecule has 2 aromatic carbocycles. The molecule has 3 aromatic rings. The molecule has 0 atom stereocenters. The maximum Gasteiger partial charge on any atom is 0.133 e. The molecular weight excluding hydrogens is 397 g/mol. The summed E-state index contributed by atoms with van der Waals surface area (Å²) < 4.78 is 3.30. The Morgan fingerprint density at radius 3 is 2.74 bits per heavy atom. The lowest BCUT2D eigenvalue weighted by Gasteiger charge is -2.08. The van der Waals surface area contributed by atoms with Crippen LogP contribution < -0.4 is 5.32 Å². The molecule has 23 heavy (non-hydrogen) atoms. The van der Waals surface area contributed by atoms with Gasteiger partial charge in [0.05, 0.1) is 11.4 Å². The van der Waals surface area contributed by atoms with E-state index in [4.69, 9.17) is 5.10 Å².